The fourth-order valence-corrected chi connectivity index (χ4v) is 3.99. The minimum Gasteiger partial charge on any atom is -0.334 e. The van der Waals surface area contributed by atoms with Gasteiger partial charge in [-0.3, -0.25) is 0 Å². The van der Waals surface area contributed by atoms with Crippen molar-refractivity contribution in [2.24, 2.45) is 0 Å². The van der Waals surface area contributed by atoms with Crippen molar-refractivity contribution >= 4 is 45.5 Å². The van der Waals surface area contributed by atoms with E-state index in [0.29, 0.717) is 33.2 Å². The van der Waals surface area contributed by atoms with Crippen LogP contribution < -0.4 is 5.32 Å². The van der Waals surface area contributed by atoms with Crippen molar-refractivity contribution in [2.45, 2.75) is 10.1 Å². The second kappa shape index (κ2) is 8.03. The van der Waals surface area contributed by atoms with Crippen molar-refractivity contribution in [3.8, 4) is 11.5 Å². The summed E-state index contributed by atoms with van der Waals surface area (Å²) in [4.78, 5) is 4.36. The van der Waals surface area contributed by atoms with Crippen LogP contribution in [0.3, 0.4) is 0 Å². The zero-order valence-electron chi connectivity index (χ0n) is 13.6. The van der Waals surface area contributed by atoms with E-state index in [9.17, 15) is 4.39 Å². The van der Waals surface area contributed by atoms with E-state index in [1.54, 1.807) is 18.2 Å². The highest BCUT2D eigenvalue weighted by molar-refractivity contribution is 8.00. The number of aromatic nitrogens is 4. The normalized spacial score (nSPS) is 10.9. The quantitative estimate of drug-likeness (QED) is 0.418. The third-order valence-electron chi connectivity index (χ3n) is 3.40. The Kier molecular flexibility index (Phi) is 5.33. The first-order valence-electron chi connectivity index (χ1n) is 7.74. The van der Waals surface area contributed by atoms with Crippen LogP contribution >= 0.6 is 34.7 Å². The minimum absolute atomic E-state index is 0.287. The molecule has 0 fully saturated rings. The van der Waals surface area contributed by atoms with Crippen LogP contribution in [-0.2, 0) is 5.75 Å². The molecule has 0 aliphatic carbocycles. The van der Waals surface area contributed by atoms with E-state index in [4.69, 9.17) is 16.1 Å². The molecule has 4 aromatic rings. The van der Waals surface area contributed by atoms with Crippen LogP contribution in [0.15, 0.2) is 57.4 Å². The van der Waals surface area contributed by atoms with Crippen molar-refractivity contribution in [2.75, 3.05) is 5.32 Å². The summed E-state index contributed by atoms with van der Waals surface area (Å²) < 4.78 is 19.0. The number of halogens is 2. The average molecular weight is 420 g/mol. The standard InChI is InChI=1S/C17H11ClFN5OS2/c18-13-4-2-1-3-12(13)15-21-14(24-25-15)9-26-17-23-22-16(27-17)20-11-7-5-10(19)6-8-11/h1-8H,9H2,(H,20,22). The van der Waals surface area contributed by atoms with Crippen LogP contribution in [0.1, 0.15) is 5.82 Å². The summed E-state index contributed by atoms with van der Waals surface area (Å²) in [6.07, 6.45) is 0. The molecule has 10 heteroatoms. The van der Waals surface area contributed by atoms with E-state index in [1.165, 1.54) is 35.2 Å². The Bertz CT molecular complexity index is 1050. The molecule has 0 atom stereocenters. The third-order valence-corrected chi connectivity index (χ3v) is 5.70. The predicted octanol–water partition coefficient (Wildman–Crippen LogP) is 5.42. The molecule has 0 aliphatic rings. The highest BCUT2D eigenvalue weighted by Gasteiger charge is 2.13. The molecule has 0 bridgehead atoms. The smallest absolute Gasteiger partial charge is 0.259 e. The fourth-order valence-electron chi connectivity index (χ4n) is 2.16. The van der Waals surface area contributed by atoms with Crippen LogP contribution in [0.25, 0.3) is 11.5 Å². The highest BCUT2D eigenvalue weighted by atomic mass is 35.5. The Morgan fingerprint density at radius 3 is 2.74 bits per heavy atom. The van der Waals surface area contributed by atoms with E-state index >= 15 is 0 Å². The van der Waals surface area contributed by atoms with Gasteiger partial charge in [-0.1, -0.05) is 52.0 Å². The molecule has 136 valence electrons. The lowest BCUT2D eigenvalue weighted by molar-refractivity contribution is 0.425. The number of anilines is 2. The van der Waals surface area contributed by atoms with Gasteiger partial charge in [-0.15, -0.1) is 10.2 Å². The second-order valence-corrected chi connectivity index (χ2v) is 7.90. The van der Waals surface area contributed by atoms with E-state index < -0.39 is 0 Å². The molecule has 2 aromatic carbocycles. The van der Waals surface area contributed by atoms with Crippen molar-refractivity contribution in [3.63, 3.8) is 0 Å². The molecule has 0 saturated heterocycles. The molecule has 6 nitrogen and oxygen atoms in total. The summed E-state index contributed by atoms with van der Waals surface area (Å²) in [5, 5.41) is 16.4. The number of nitrogens with one attached hydrogen (secondary N) is 1. The first kappa shape index (κ1) is 17.9. The van der Waals surface area contributed by atoms with Gasteiger partial charge in [0.05, 0.1) is 16.3 Å². The largest absolute Gasteiger partial charge is 0.334 e. The average Bonchev–Trinajstić information content (AvgIpc) is 3.32. The monoisotopic (exact) mass is 419 g/mol. The number of rotatable bonds is 6. The van der Waals surface area contributed by atoms with E-state index in [1.807, 2.05) is 18.2 Å². The summed E-state index contributed by atoms with van der Waals surface area (Å²) in [6.45, 7) is 0. The van der Waals surface area contributed by atoms with Gasteiger partial charge >= 0.3 is 0 Å². The molecule has 0 amide bonds. The Hall–Kier alpha value is -2.49. The third kappa shape index (κ3) is 4.44. The Labute approximate surface area is 166 Å². The molecule has 2 aromatic heterocycles. The maximum absolute atomic E-state index is 12.9. The maximum Gasteiger partial charge on any atom is 0.259 e. The SMILES string of the molecule is Fc1ccc(Nc2nnc(SCc3noc(-c4ccccc4Cl)n3)s2)cc1. The Balaban J connectivity index is 1.38. The van der Waals surface area contributed by atoms with E-state index in [2.05, 4.69) is 25.7 Å². The molecule has 27 heavy (non-hydrogen) atoms. The molecule has 0 aliphatic heterocycles. The van der Waals surface area contributed by atoms with Crippen LogP contribution in [-0.4, -0.2) is 20.3 Å². The summed E-state index contributed by atoms with van der Waals surface area (Å²) in [5.41, 5.74) is 1.44. The molecular weight excluding hydrogens is 409 g/mol. The van der Waals surface area contributed by atoms with Crippen LogP contribution in [0.2, 0.25) is 5.02 Å². The van der Waals surface area contributed by atoms with Gasteiger partial charge in [-0.25, -0.2) is 4.39 Å². The zero-order chi connectivity index (χ0) is 18.6. The molecular formula is C17H11ClFN5OS2. The fraction of sp³-hybridized carbons (Fsp3) is 0.0588. The maximum atomic E-state index is 12.9. The van der Waals surface area contributed by atoms with Crippen LogP contribution in [0.5, 0.6) is 0 Å². The molecule has 2 heterocycles. The van der Waals surface area contributed by atoms with Crippen LogP contribution in [0.4, 0.5) is 15.2 Å². The van der Waals surface area contributed by atoms with Gasteiger partial charge in [0.15, 0.2) is 10.2 Å². The van der Waals surface area contributed by atoms with Crippen molar-refractivity contribution < 1.29 is 8.91 Å². The lowest BCUT2D eigenvalue weighted by atomic mass is 10.2. The number of benzene rings is 2. The van der Waals surface area contributed by atoms with Crippen molar-refractivity contribution in [3.05, 3.63) is 65.2 Å². The van der Waals surface area contributed by atoms with Crippen LogP contribution in [0, 0.1) is 5.82 Å². The highest BCUT2D eigenvalue weighted by Crippen LogP contribution is 2.31. The topological polar surface area (TPSA) is 76.7 Å². The second-order valence-electron chi connectivity index (χ2n) is 5.29. The van der Waals surface area contributed by atoms with Gasteiger partial charge in [0.2, 0.25) is 5.13 Å². The van der Waals surface area contributed by atoms with Gasteiger partial charge in [-0.2, -0.15) is 4.98 Å². The summed E-state index contributed by atoms with van der Waals surface area (Å²) >= 11 is 8.97. The molecule has 0 spiro atoms. The van der Waals surface area contributed by atoms with Gasteiger partial charge < -0.3 is 9.84 Å². The lowest BCUT2D eigenvalue weighted by Gasteiger charge is -2.00. The zero-order valence-corrected chi connectivity index (χ0v) is 16.0. The van der Waals surface area contributed by atoms with E-state index in [0.717, 1.165) is 10.0 Å². The van der Waals surface area contributed by atoms with Crippen molar-refractivity contribution in [1.29, 1.82) is 0 Å². The van der Waals surface area contributed by atoms with E-state index in [-0.39, 0.29) is 5.82 Å². The number of hydrogen-bond donors (Lipinski definition) is 1. The molecule has 0 saturated carbocycles. The Morgan fingerprint density at radius 1 is 1.11 bits per heavy atom. The first-order valence-corrected chi connectivity index (χ1v) is 9.92. The lowest BCUT2D eigenvalue weighted by Crippen LogP contribution is -1.89. The number of thioether (sulfide) groups is 1. The van der Waals surface area contributed by atoms with Gasteiger partial charge in [0.25, 0.3) is 5.89 Å². The first-order chi connectivity index (χ1) is 13.2. The minimum atomic E-state index is -0.287. The molecule has 1 N–H and O–H groups in total. The predicted molar refractivity (Wildman–Crippen MR) is 104 cm³/mol. The summed E-state index contributed by atoms with van der Waals surface area (Å²) in [5.74, 6) is 1.12. The molecule has 4 rings (SSSR count). The van der Waals surface area contributed by atoms with Gasteiger partial charge in [0.1, 0.15) is 5.82 Å². The summed E-state index contributed by atoms with van der Waals surface area (Å²) in [7, 11) is 0. The number of nitrogens with zero attached hydrogens (tertiary/aromatic N) is 4. The Morgan fingerprint density at radius 2 is 1.93 bits per heavy atom. The molecule has 0 radical (unpaired) electrons. The van der Waals surface area contributed by atoms with Gasteiger partial charge in [-0.05, 0) is 36.4 Å². The molecule has 0 unspecified atom stereocenters. The summed E-state index contributed by atoms with van der Waals surface area (Å²) in [6, 6.07) is 13.3. The number of hydrogen-bond acceptors (Lipinski definition) is 8. The van der Waals surface area contributed by atoms with Gasteiger partial charge in [0, 0.05) is 5.69 Å². The van der Waals surface area contributed by atoms with Crippen molar-refractivity contribution in [1.82, 2.24) is 20.3 Å².